The number of carbonyl (C=O) groups excluding carboxylic acids is 2. The van der Waals surface area contributed by atoms with Crippen molar-refractivity contribution in [1.82, 2.24) is 15.5 Å². The first-order chi connectivity index (χ1) is 9.08. The molecule has 0 spiro atoms. The normalized spacial score (nSPS) is 29.1. The highest BCUT2D eigenvalue weighted by molar-refractivity contribution is 5.84. The molecule has 0 radical (unpaired) electrons. The van der Waals surface area contributed by atoms with E-state index in [-0.39, 0.29) is 18.4 Å². The summed E-state index contributed by atoms with van der Waals surface area (Å²) in [6, 6.07) is 1.23. The number of hydrogen-bond donors (Lipinski definition) is 2. The van der Waals surface area contributed by atoms with Gasteiger partial charge in [0.1, 0.15) is 0 Å². The fourth-order valence-corrected chi connectivity index (χ4v) is 3.16. The molecule has 2 fully saturated rings. The van der Waals surface area contributed by atoms with E-state index in [2.05, 4.69) is 10.6 Å². The van der Waals surface area contributed by atoms with Crippen LogP contribution in [0.25, 0.3) is 0 Å². The van der Waals surface area contributed by atoms with Crippen molar-refractivity contribution < 1.29 is 9.59 Å². The van der Waals surface area contributed by atoms with Crippen LogP contribution in [-0.4, -0.2) is 48.9 Å². The number of fused-ring (bicyclic) bond motifs is 2. The van der Waals surface area contributed by atoms with Gasteiger partial charge in [0, 0.05) is 32.1 Å². The second-order valence-electron chi connectivity index (χ2n) is 5.86. The van der Waals surface area contributed by atoms with Gasteiger partial charge in [-0.15, -0.1) is 0 Å². The predicted octanol–water partition coefficient (Wildman–Crippen LogP) is 0.502. The van der Waals surface area contributed by atoms with Crippen LogP contribution in [0, 0.1) is 5.92 Å². The fraction of sp³-hybridized carbons (Fsp3) is 0.857. The van der Waals surface area contributed by atoms with Crippen molar-refractivity contribution in [3.63, 3.8) is 0 Å². The van der Waals surface area contributed by atoms with Crippen LogP contribution in [-0.2, 0) is 9.59 Å². The lowest BCUT2D eigenvalue weighted by Crippen LogP contribution is -2.41. The summed E-state index contributed by atoms with van der Waals surface area (Å²) in [6.07, 6.45) is 5.28. The zero-order chi connectivity index (χ0) is 13.8. The average molecular weight is 267 g/mol. The van der Waals surface area contributed by atoms with Crippen molar-refractivity contribution in [2.45, 2.75) is 51.1 Å². The van der Waals surface area contributed by atoms with E-state index in [4.69, 9.17) is 0 Å². The maximum atomic E-state index is 11.9. The average Bonchev–Trinajstić information content (AvgIpc) is 2.74. The minimum Gasteiger partial charge on any atom is -0.347 e. The summed E-state index contributed by atoms with van der Waals surface area (Å²) in [5.74, 6) is 0.475. The number of rotatable bonds is 5. The van der Waals surface area contributed by atoms with E-state index in [0.717, 1.165) is 12.8 Å². The Hall–Kier alpha value is -1.10. The van der Waals surface area contributed by atoms with Gasteiger partial charge in [0.15, 0.2) is 0 Å². The van der Waals surface area contributed by atoms with E-state index in [0.29, 0.717) is 31.0 Å². The standard InChI is InChI=1S/C14H25N3O2/c1-3-17(2)14(19)9-15-13(18)8-10-6-11-4-5-12(7-10)16-11/h10-12,16H,3-9H2,1-2H3,(H,15,18). The topological polar surface area (TPSA) is 61.4 Å². The molecular weight excluding hydrogens is 242 g/mol. The second kappa shape index (κ2) is 6.37. The van der Waals surface area contributed by atoms with Crippen molar-refractivity contribution in [2.24, 2.45) is 5.92 Å². The summed E-state index contributed by atoms with van der Waals surface area (Å²) in [5, 5.41) is 6.32. The van der Waals surface area contributed by atoms with E-state index in [1.807, 2.05) is 6.92 Å². The summed E-state index contributed by atoms with van der Waals surface area (Å²) in [4.78, 5) is 25.1. The van der Waals surface area contributed by atoms with Gasteiger partial charge in [-0.25, -0.2) is 0 Å². The molecule has 0 aromatic heterocycles. The van der Waals surface area contributed by atoms with E-state index in [1.54, 1.807) is 11.9 Å². The maximum Gasteiger partial charge on any atom is 0.241 e. The first-order valence-corrected chi connectivity index (χ1v) is 7.35. The molecule has 0 aromatic rings. The Labute approximate surface area is 115 Å². The first kappa shape index (κ1) is 14.3. The number of carbonyl (C=O) groups is 2. The van der Waals surface area contributed by atoms with Crippen LogP contribution in [0.1, 0.15) is 39.0 Å². The minimum absolute atomic E-state index is 0.0177. The number of hydrogen-bond acceptors (Lipinski definition) is 3. The van der Waals surface area contributed by atoms with Gasteiger partial charge in [-0.1, -0.05) is 0 Å². The Morgan fingerprint density at radius 3 is 2.47 bits per heavy atom. The molecule has 0 aromatic carbocycles. The van der Waals surface area contributed by atoms with Crippen LogP contribution >= 0.6 is 0 Å². The summed E-state index contributed by atoms with van der Waals surface area (Å²) < 4.78 is 0. The van der Waals surface area contributed by atoms with Gasteiger partial charge in [0.05, 0.1) is 6.54 Å². The first-order valence-electron chi connectivity index (χ1n) is 7.35. The van der Waals surface area contributed by atoms with Crippen molar-refractivity contribution >= 4 is 11.8 Å². The number of likely N-dealkylation sites (N-methyl/N-ethyl adjacent to an activating group) is 1. The molecule has 2 unspecified atom stereocenters. The molecule has 2 saturated heterocycles. The molecule has 2 aliphatic rings. The van der Waals surface area contributed by atoms with Crippen molar-refractivity contribution in [2.75, 3.05) is 20.1 Å². The molecule has 108 valence electrons. The van der Waals surface area contributed by atoms with E-state index < -0.39 is 0 Å². The third kappa shape index (κ3) is 3.93. The van der Waals surface area contributed by atoms with E-state index >= 15 is 0 Å². The van der Waals surface area contributed by atoms with Crippen LogP contribution in [0.15, 0.2) is 0 Å². The Kier molecular flexibility index (Phi) is 4.80. The highest BCUT2D eigenvalue weighted by Gasteiger charge is 2.34. The van der Waals surface area contributed by atoms with Crippen LogP contribution < -0.4 is 10.6 Å². The molecule has 5 nitrogen and oxygen atoms in total. The van der Waals surface area contributed by atoms with Crippen molar-refractivity contribution in [3.8, 4) is 0 Å². The largest absolute Gasteiger partial charge is 0.347 e. The smallest absolute Gasteiger partial charge is 0.241 e. The molecule has 19 heavy (non-hydrogen) atoms. The lowest BCUT2D eigenvalue weighted by molar-refractivity contribution is -0.132. The quantitative estimate of drug-likeness (QED) is 0.762. The molecule has 0 saturated carbocycles. The highest BCUT2D eigenvalue weighted by atomic mass is 16.2. The minimum atomic E-state index is -0.0266. The number of nitrogens with one attached hydrogen (secondary N) is 2. The highest BCUT2D eigenvalue weighted by Crippen LogP contribution is 2.32. The Balaban J connectivity index is 1.68. The maximum absolute atomic E-state index is 11.9. The third-order valence-corrected chi connectivity index (χ3v) is 4.38. The van der Waals surface area contributed by atoms with Crippen molar-refractivity contribution in [3.05, 3.63) is 0 Å². The second-order valence-corrected chi connectivity index (χ2v) is 5.86. The van der Waals surface area contributed by atoms with Gasteiger partial charge in [0.2, 0.25) is 11.8 Å². The third-order valence-electron chi connectivity index (χ3n) is 4.38. The molecule has 2 aliphatic heterocycles. The van der Waals surface area contributed by atoms with Gasteiger partial charge in [0.25, 0.3) is 0 Å². The van der Waals surface area contributed by atoms with Gasteiger partial charge in [-0.05, 0) is 38.5 Å². The van der Waals surface area contributed by atoms with E-state index in [9.17, 15) is 9.59 Å². The summed E-state index contributed by atoms with van der Waals surface area (Å²) >= 11 is 0. The lowest BCUT2D eigenvalue weighted by Gasteiger charge is -2.28. The molecule has 0 aliphatic carbocycles. The molecular formula is C14H25N3O2. The molecule has 2 bridgehead atoms. The fourth-order valence-electron chi connectivity index (χ4n) is 3.16. The van der Waals surface area contributed by atoms with Gasteiger partial charge in [-0.2, -0.15) is 0 Å². The summed E-state index contributed by atoms with van der Waals surface area (Å²) in [6.45, 7) is 2.72. The SMILES string of the molecule is CCN(C)C(=O)CNC(=O)CC1CC2CCC(C1)N2. The van der Waals surface area contributed by atoms with Gasteiger partial charge in [-0.3, -0.25) is 9.59 Å². The summed E-state index contributed by atoms with van der Waals surface area (Å²) in [7, 11) is 1.75. The molecule has 2 rings (SSSR count). The zero-order valence-electron chi connectivity index (χ0n) is 11.9. The molecule has 2 atom stereocenters. The van der Waals surface area contributed by atoms with Gasteiger partial charge < -0.3 is 15.5 Å². The Morgan fingerprint density at radius 2 is 1.89 bits per heavy atom. The summed E-state index contributed by atoms with van der Waals surface area (Å²) in [5.41, 5.74) is 0. The Bertz CT molecular complexity index is 334. The molecule has 2 N–H and O–H groups in total. The number of nitrogens with zero attached hydrogens (tertiary/aromatic N) is 1. The van der Waals surface area contributed by atoms with Crippen LogP contribution in [0.2, 0.25) is 0 Å². The van der Waals surface area contributed by atoms with Gasteiger partial charge >= 0.3 is 0 Å². The zero-order valence-corrected chi connectivity index (χ0v) is 11.9. The van der Waals surface area contributed by atoms with Crippen molar-refractivity contribution in [1.29, 1.82) is 0 Å². The molecule has 5 heteroatoms. The molecule has 2 heterocycles. The monoisotopic (exact) mass is 267 g/mol. The lowest BCUT2D eigenvalue weighted by atomic mass is 9.89. The Morgan fingerprint density at radius 1 is 1.26 bits per heavy atom. The number of piperidine rings is 1. The molecule has 2 amide bonds. The van der Waals surface area contributed by atoms with Crippen LogP contribution in [0.3, 0.4) is 0 Å². The van der Waals surface area contributed by atoms with E-state index in [1.165, 1.54) is 12.8 Å². The number of amides is 2. The van der Waals surface area contributed by atoms with Crippen LogP contribution in [0.5, 0.6) is 0 Å². The predicted molar refractivity (Wildman–Crippen MR) is 73.6 cm³/mol. The van der Waals surface area contributed by atoms with Crippen LogP contribution in [0.4, 0.5) is 0 Å².